The zero-order valence-electron chi connectivity index (χ0n) is 13.9. The van der Waals surface area contributed by atoms with Crippen molar-refractivity contribution >= 4 is 28.9 Å². The molecular weight excluding hydrogens is 351 g/mol. The fourth-order valence-corrected chi connectivity index (χ4v) is 3.69. The highest BCUT2D eigenvalue weighted by Crippen LogP contribution is 2.38. The number of carbonyl (C=O) groups excluding carboxylic acids is 1. The molecule has 7 heteroatoms. The predicted molar refractivity (Wildman–Crippen MR) is 92.8 cm³/mol. The summed E-state index contributed by atoms with van der Waals surface area (Å²) in [5, 5.41) is 1.98. The number of nitrogens with zero attached hydrogens (tertiary/aromatic N) is 2. The van der Waals surface area contributed by atoms with Gasteiger partial charge in [-0.25, -0.2) is 14.4 Å². The lowest BCUT2D eigenvalue weighted by Crippen LogP contribution is -2.32. The monoisotopic (exact) mass is 370 g/mol. The minimum absolute atomic E-state index is 0.00443. The number of halogens is 2. The van der Waals surface area contributed by atoms with Gasteiger partial charge in [0.25, 0.3) is 0 Å². The number of esters is 1. The van der Waals surface area contributed by atoms with E-state index in [1.165, 1.54) is 0 Å². The van der Waals surface area contributed by atoms with Crippen LogP contribution >= 0.6 is 22.9 Å². The van der Waals surface area contributed by atoms with Crippen molar-refractivity contribution in [2.45, 2.75) is 39.0 Å². The fraction of sp³-hybridized carbons (Fsp3) is 0.471. The molecule has 0 aliphatic carbocycles. The minimum Gasteiger partial charge on any atom is -0.466 e. The third-order valence-corrected chi connectivity index (χ3v) is 5.51. The molecule has 2 aromatic heterocycles. The molecule has 1 unspecified atom stereocenters. The van der Waals surface area contributed by atoms with Crippen molar-refractivity contribution in [2.24, 2.45) is 5.92 Å². The summed E-state index contributed by atoms with van der Waals surface area (Å²) < 4.78 is 19.1. The molecule has 0 saturated heterocycles. The maximum Gasteiger partial charge on any atom is 0.306 e. The molecule has 0 saturated carbocycles. The van der Waals surface area contributed by atoms with Crippen molar-refractivity contribution in [3.05, 3.63) is 45.4 Å². The topological polar surface area (TPSA) is 52.1 Å². The second-order valence-corrected chi connectivity index (χ2v) is 7.33. The lowest BCUT2D eigenvalue weighted by molar-refractivity contribution is -0.144. The summed E-state index contributed by atoms with van der Waals surface area (Å²) in [4.78, 5) is 20.8. The summed E-state index contributed by atoms with van der Waals surface area (Å²) in [6.45, 7) is 6.17. The molecule has 0 N–H and O–H groups in total. The van der Waals surface area contributed by atoms with E-state index in [9.17, 15) is 9.18 Å². The van der Waals surface area contributed by atoms with E-state index in [0.29, 0.717) is 6.61 Å². The Morgan fingerprint density at radius 1 is 1.50 bits per heavy atom. The number of rotatable bonds is 7. The number of thiophene rings is 1. The van der Waals surface area contributed by atoms with Crippen LogP contribution in [-0.4, -0.2) is 22.5 Å². The Hall–Kier alpha value is -1.53. The van der Waals surface area contributed by atoms with Crippen LogP contribution < -0.4 is 0 Å². The van der Waals surface area contributed by atoms with Gasteiger partial charge in [-0.3, -0.25) is 4.79 Å². The van der Waals surface area contributed by atoms with E-state index in [-0.39, 0.29) is 41.1 Å². The van der Waals surface area contributed by atoms with Gasteiger partial charge in [0.05, 0.1) is 18.5 Å². The summed E-state index contributed by atoms with van der Waals surface area (Å²) in [5.74, 6) is -1.00. The molecule has 0 bridgehead atoms. The summed E-state index contributed by atoms with van der Waals surface area (Å²) in [5.41, 5.74) is -0.126. The third kappa shape index (κ3) is 4.51. The van der Waals surface area contributed by atoms with E-state index in [1.54, 1.807) is 18.3 Å². The van der Waals surface area contributed by atoms with Crippen LogP contribution in [-0.2, 0) is 21.4 Å². The maximum atomic E-state index is 14.0. The SMILES string of the molecule is CCOC(=O)CC(Cc1nc(Cl)ncc1F)C(C)(C)c1cccs1. The molecule has 1 atom stereocenters. The van der Waals surface area contributed by atoms with Crippen molar-refractivity contribution in [1.29, 1.82) is 0 Å². The molecule has 2 aromatic rings. The molecule has 2 rings (SSSR count). The van der Waals surface area contributed by atoms with Crippen molar-refractivity contribution in [1.82, 2.24) is 9.97 Å². The van der Waals surface area contributed by atoms with Gasteiger partial charge in [-0.05, 0) is 42.3 Å². The quantitative estimate of drug-likeness (QED) is 0.534. The number of carbonyl (C=O) groups is 1. The number of aromatic nitrogens is 2. The van der Waals surface area contributed by atoms with Crippen LogP contribution in [0.3, 0.4) is 0 Å². The Kier molecular flexibility index (Phi) is 6.29. The van der Waals surface area contributed by atoms with Gasteiger partial charge >= 0.3 is 5.97 Å². The second kappa shape index (κ2) is 8.03. The zero-order valence-corrected chi connectivity index (χ0v) is 15.5. The predicted octanol–water partition coefficient (Wildman–Crippen LogP) is 4.42. The van der Waals surface area contributed by atoms with Gasteiger partial charge in [0.1, 0.15) is 0 Å². The van der Waals surface area contributed by atoms with E-state index < -0.39 is 5.82 Å². The van der Waals surface area contributed by atoms with Crippen LogP contribution in [0.25, 0.3) is 0 Å². The maximum absolute atomic E-state index is 14.0. The normalized spacial score (nSPS) is 12.9. The van der Waals surface area contributed by atoms with Crippen molar-refractivity contribution < 1.29 is 13.9 Å². The largest absolute Gasteiger partial charge is 0.466 e. The van der Waals surface area contributed by atoms with Crippen LogP contribution in [0.4, 0.5) is 4.39 Å². The first-order valence-corrected chi connectivity index (χ1v) is 8.96. The molecule has 4 nitrogen and oxygen atoms in total. The average Bonchev–Trinajstić information content (AvgIpc) is 3.05. The van der Waals surface area contributed by atoms with Crippen LogP contribution in [0.15, 0.2) is 23.7 Å². The van der Waals surface area contributed by atoms with Crippen molar-refractivity contribution in [2.75, 3.05) is 6.61 Å². The lowest BCUT2D eigenvalue weighted by Gasteiger charge is -2.33. The average molecular weight is 371 g/mol. The lowest BCUT2D eigenvalue weighted by atomic mass is 9.73. The molecule has 0 spiro atoms. The van der Waals surface area contributed by atoms with Crippen LogP contribution in [0, 0.1) is 11.7 Å². The van der Waals surface area contributed by atoms with Gasteiger partial charge in [0.15, 0.2) is 5.82 Å². The van der Waals surface area contributed by atoms with E-state index >= 15 is 0 Å². The molecule has 0 fully saturated rings. The molecule has 0 aliphatic rings. The summed E-state index contributed by atoms with van der Waals surface area (Å²) in [6.07, 6.45) is 1.52. The van der Waals surface area contributed by atoms with Gasteiger partial charge in [0.2, 0.25) is 5.28 Å². The van der Waals surface area contributed by atoms with E-state index in [4.69, 9.17) is 16.3 Å². The van der Waals surface area contributed by atoms with Crippen LogP contribution in [0.5, 0.6) is 0 Å². The third-order valence-electron chi connectivity index (χ3n) is 4.12. The molecule has 24 heavy (non-hydrogen) atoms. The van der Waals surface area contributed by atoms with Gasteiger partial charge in [0, 0.05) is 16.7 Å². The number of ether oxygens (including phenoxy) is 1. The summed E-state index contributed by atoms with van der Waals surface area (Å²) in [7, 11) is 0. The standard InChI is InChI=1S/C17H20ClFN2O2S/c1-4-23-15(22)9-11(17(2,3)14-6-5-7-24-14)8-13-12(19)10-20-16(18)21-13/h5-7,10-11H,4,8-9H2,1-3H3. The molecule has 0 aliphatic heterocycles. The molecule has 130 valence electrons. The van der Waals surface area contributed by atoms with E-state index in [1.807, 2.05) is 31.4 Å². The first-order chi connectivity index (χ1) is 11.3. The van der Waals surface area contributed by atoms with Crippen LogP contribution in [0.1, 0.15) is 37.8 Å². The fourth-order valence-electron chi connectivity index (χ4n) is 2.60. The van der Waals surface area contributed by atoms with Crippen LogP contribution in [0.2, 0.25) is 5.28 Å². The minimum atomic E-state index is -0.518. The Bertz CT molecular complexity index is 692. The Balaban J connectivity index is 2.32. The van der Waals surface area contributed by atoms with E-state index in [2.05, 4.69) is 9.97 Å². The highest BCUT2D eigenvalue weighted by atomic mass is 35.5. The number of hydrogen-bond donors (Lipinski definition) is 0. The molecule has 0 amide bonds. The first kappa shape index (κ1) is 18.8. The molecular formula is C17H20ClFN2O2S. The zero-order chi connectivity index (χ0) is 17.7. The van der Waals surface area contributed by atoms with Gasteiger partial charge in [-0.1, -0.05) is 19.9 Å². The van der Waals surface area contributed by atoms with Gasteiger partial charge in [-0.15, -0.1) is 11.3 Å². The smallest absolute Gasteiger partial charge is 0.306 e. The Morgan fingerprint density at radius 2 is 2.25 bits per heavy atom. The molecule has 0 aromatic carbocycles. The summed E-state index contributed by atoms with van der Waals surface area (Å²) >= 11 is 7.40. The molecule has 2 heterocycles. The second-order valence-electron chi connectivity index (χ2n) is 6.04. The Labute approximate surface area is 150 Å². The van der Waals surface area contributed by atoms with Gasteiger partial charge < -0.3 is 4.74 Å². The van der Waals surface area contributed by atoms with Gasteiger partial charge in [-0.2, -0.15) is 0 Å². The van der Waals surface area contributed by atoms with E-state index in [0.717, 1.165) is 11.1 Å². The highest BCUT2D eigenvalue weighted by molar-refractivity contribution is 7.10. The Morgan fingerprint density at radius 3 is 2.88 bits per heavy atom. The van der Waals surface area contributed by atoms with Crippen molar-refractivity contribution in [3.8, 4) is 0 Å². The summed E-state index contributed by atoms with van der Waals surface area (Å²) in [6, 6.07) is 3.98. The first-order valence-electron chi connectivity index (χ1n) is 7.71. The number of hydrogen-bond acceptors (Lipinski definition) is 5. The molecule has 0 radical (unpaired) electrons. The van der Waals surface area contributed by atoms with Crippen molar-refractivity contribution in [3.63, 3.8) is 0 Å². The highest BCUT2D eigenvalue weighted by Gasteiger charge is 2.35.